The molecule has 2 aromatic rings. The third-order valence-corrected chi connectivity index (χ3v) is 2.39. The number of aryl methyl sites for hydroxylation is 1. The Bertz CT molecular complexity index is 556. The Morgan fingerprint density at radius 1 is 1.35 bits per heavy atom. The maximum atomic E-state index is 4.42. The van der Waals surface area contributed by atoms with Gasteiger partial charge in [-0.1, -0.05) is 11.6 Å². The molecule has 0 saturated carbocycles. The summed E-state index contributed by atoms with van der Waals surface area (Å²) in [5, 5.41) is 4.31. The van der Waals surface area contributed by atoms with Crippen molar-refractivity contribution in [1.82, 2.24) is 15.0 Å². The summed E-state index contributed by atoms with van der Waals surface area (Å²) < 4.78 is 0. The largest absolute Gasteiger partial charge is 0.366 e. The second kappa shape index (κ2) is 4.91. The van der Waals surface area contributed by atoms with Crippen molar-refractivity contribution in [2.24, 2.45) is 0 Å². The summed E-state index contributed by atoms with van der Waals surface area (Å²) in [4.78, 5) is 12.8. The van der Waals surface area contributed by atoms with E-state index < -0.39 is 0 Å². The number of allylic oxidation sites excluding steroid dienone is 1. The molecular weight excluding hydrogens is 212 g/mol. The number of hydrogen-bond acceptors (Lipinski definition) is 4. The first-order valence-electron chi connectivity index (χ1n) is 5.62. The summed E-state index contributed by atoms with van der Waals surface area (Å²) in [6.07, 6.45) is 5.65. The molecule has 2 rings (SSSR count). The van der Waals surface area contributed by atoms with Crippen molar-refractivity contribution in [1.29, 1.82) is 0 Å². The van der Waals surface area contributed by atoms with Crippen molar-refractivity contribution in [2.75, 3.05) is 11.9 Å². The lowest BCUT2D eigenvalue weighted by Crippen LogP contribution is -2.04. The standard InChI is InChI=1S/C13H16N4/c1-9(2)4-7-15-13-11-5-6-14-8-12(11)16-10(3)17-13/h4-6,8H,7H2,1-3H3,(H,15,16,17). The monoisotopic (exact) mass is 228 g/mol. The van der Waals surface area contributed by atoms with Crippen molar-refractivity contribution >= 4 is 16.7 Å². The molecule has 0 radical (unpaired) electrons. The number of nitrogens with zero attached hydrogens (tertiary/aromatic N) is 3. The van der Waals surface area contributed by atoms with Crippen LogP contribution in [0.3, 0.4) is 0 Å². The molecule has 0 aliphatic heterocycles. The number of hydrogen-bond donors (Lipinski definition) is 1. The first-order chi connectivity index (χ1) is 8.16. The van der Waals surface area contributed by atoms with Gasteiger partial charge in [-0.15, -0.1) is 0 Å². The fraction of sp³-hybridized carbons (Fsp3) is 0.308. The summed E-state index contributed by atoms with van der Waals surface area (Å²) in [6.45, 7) is 6.82. The molecule has 0 aliphatic rings. The van der Waals surface area contributed by atoms with E-state index in [1.807, 2.05) is 13.0 Å². The fourth-order valence-electron chi connectivity index (χ4n) is 1.58. The van der Waals surface area contributed by atoms with Crippen LogP contribution in [0.25, 0.3) is 10.9 Å². The van der Waals surface area contributed by atoms with Crippen LogP contribution in [0.5, 0.6) is 0 Å². The molecule has 2 heterocycles. The van der Waals surface area contributed by atoms with Gasteiger partial charge >= 0.3 is 0 Å². The van der Waals surface area contributed by atoms with Gasteiger partial charge in [-0.2, -0.15) is 0 Å². The normalized spacial score (nSPS) is 10.3. The molecule has 0 amide bonds. The molecule has 2 aromatic heterocycles. The van der Waals surface area contributed by atoms with Gasteiger partial charge < -0.3 is 5.32 Å². The predicted molar refractivity (Wildman–Crippen MR) is 70.0 cm³/mol. The first-order valence-corrected chi connectivity index (χ1v) is 5.62. The minimum Gasteiger partial charge on any atom is -0.366 e. The minimum atomic E-state index is 0.755. The van der Waals surface area contributed by atoms with Crippen molar-refractivity contribution < 1.29 is 0 Å². The Morgan fingerprint density at radius 3 is 2.94 bits per heavy atom. The molecule has 88 valence electrons. The Hall–Kier alpha value is -1.97. The molecular formula is C13H16N4. The number of fused-ring (bicyclic) bond motifs is 1. The molecule has 0 saturated heterocycles. The zero-order chi connectivity index (χ0) is 12.3. The molecule has 0 aliphatic carbocycles. The van der Waals surface area contributed by atoms with Crippen LogP contribution in [0.2, 0.25) is 0 Å². The van der Waals surface area contributed by atoms with Gasteiger partial charge in [0, 0.05) is 18.1 Å². The zero-order valence-electron chi connectivity index (χ0n) is 10.4. The average Bonchev–Trinajstić information content (AvgIpc) is 2.28. The van der Waals surface area contributed by atoms with Crippen LogP contribution in [-0.4, -0.2) is 21.5 Å². The topological polar surface area (TPSA) is 50.7 Å². The highest BCUT2D eigenvalue weighted by Gasteiger charge is 2.03. The van der Waals surface area contributed by atoms with Crippen LogP contribution in [0.15, 0.2) is 30.1 Å². The quantitative estimate of drug-likeness (QED) is 0.821. The fourth-order valence-corrected chi connectivity index (χ4v) is 1.58. The van der Waals surface area contributed by atoms with Crippen molar-refractivity contribution in [2.45, 2.75) is 20.8 Å². The third kappa shape index (κ3) is 2.78. The first kappa shape index (κ1) is 11.5. The van der Waals surface area contributed by atoms with Crippen molar-refractivity contribution in [3.8, 4) is 0 Å². The van der Waals surface area contributed by atoms with Crippen LogP contribution in [-0.2, 0) is 0 Å². The van der Waals surface area contributed by atoms with Crippen LogP contribution < -0.4 is 5.32 Å². The molecule has 1 N–H and O–H groups in total. The molecule has 17 heavy (non-hydrogen) atoms. The van der Waals surface area contributed by atoms with Crippen LogP contribution in [0.1, 0.15) is 19.7 Å². The van der Waals surface area contributed by atoms with Gasteiger partial charge in [0.15, 0.2) is 0 Å². The average molecular weight is 228 g/mol. The van der Waals surface area contributed by atoms with Gasteiger partial charge in [-0.05, 0) is 26.8 Å². The van der Waals surface area contributed by atoms with Gasteiger partial charge in [0.05, 0.1) is 11.7 Å². The van der Waals surface area contributed by atoms with Gasteiger partial charge in [0.2, 0.25) is 0 Å². The van der Waals surface area contributed by atoms with Gasteiger partial charge in [-0.25, -0.2) is 9.97 Å². The number of pyridine rings is 1. The Kier molecular flexibility index (Phi) is 3.32. The van der Waals surface area contributed by atoms with E-state index in [4.69, 9.17) is 0 Å². The number of rotatable bonds is 3. The van der Waals surface area contributed by atoms with E-state index in [0.29, 0.717) is 0 Å². The molecule has 0 fully saturated rings. The van der Waals surface area contributed by atoms with E-state index in [1.54, 1.807) is 12.4 Å². The summed E-state index contributed by atoms with van der Waals surface area (Å²) in [7, 11) is 0. The molecule has 0 atom stereocenters. The van der Waals surface area contributed by atoms with E-state index >= 15 is 0 Å². The number of anilines is 1. The minimum absolute atomic E-state index is 0.755. The second-order valence-electron chi connectivity index (χ2n) is 4.17. The van der Waals surface area contributed by atoms with Crippen LogP contribution in [0.4, 0.5) is 5.82 Å². The Balaban J connectivity index is 2.35. The summed E-state index contributed by atoms with van der Waals surface area (Å²) in [5.41, 5.74) is 2.16. The molecule has 4 heteroatoms. The molecule has 0 unspecified atom stereocenters. The lowest BCUT2D eigenvalue weighted by atomic mass is 10.2. The molecule has 0 aromatic carbocycles. The van der Waals surface area contributed by atoms with E-state index in [2.05, 4.69) is 40.2 Å². The van der Waals surface area contributed by atoms with Gasteiger partial charge in [0.1, 0.15) is 11.6 Å². The van der Waals surface area contributed by atoms with E-state index in [9.17, 15) is 0 Å². The molecule has 4 nitrogen and oxygen atoms in total. The predicted octanol–water partition coefficient (Wildman–Crippen LogP) is 2.71. The highest BCUT2D eigenvalue weighted by molar-refractivity contribution is 5.88. The summed E-state index contributed by atoms with van der Waals surface area (Å²) >= 11 is 0. The maximum Gasteiger partial charge on any atom is 0.137 e. The SMILES string of the molecule is CC(C)=CCNc1nc(C)nc2cnccc12. The van der Waals surface area contributed by atoms with E-state index in [0.717, 1.165) is 29.1 Å². The van der Waals surface area contributed by atoms with Gasteiger partial charge in [-0.3, -0.25) is 4.98 Å². The van der Waals surface area contributed by atoms with Crippen molar-refractivity contribution in [3.05, 3.63) is 35.9 Å². The second-order valence-corrected chi connectivity index (χ2v) is 4.17. The summed E-state index contributed by atoms with van der Waals surface area (Å²) in [5.74, 6) is 1.62. The Morgan fingerprint density at radius 2 is 2.18 bits per heavy atom. The summed E-state index contributed by atoms with van der Waals surface area (Å²) in [6, 6.07) is 1.93. The smallest absolute Gasteiger partial charge is 0.137 e. The van der Waals surface area contributed by atoms with Crippen LogP contribution in [0, 0.1) is 6.92 Å². The van der Waals surface area contributed by atoms with E-state index in [-0.39, 0.29) is 0 Å². The van der Waals surface area contributed by atoms with E-state index in [1.165, 1.54) is 5.57 Å². The van der Waals surface area contributed by atoms with Crippen molar-refractivity contribution in [3.63, 3.8) is 0 Å². The van der Waals surface area contributed by atoms with Gasteiger partial charge in [0.25, 0.3) is 0 Å². The number of aromatic nitrogens is 3. The number of nitrogens with one attached hydrogen (secondary N) is 1. The lowest BCUT2D eigenvalue weighted by Gasteiger charge is -2.07. The zero-order valence-corrected chi connectivity index (χ0v) is 10.4. The lowest BCUT2D eigenvalue weighted by molar-refractivity contribution is 1.07. The maximum absolute atomic E-state index is 4.42. The Labute approximate surface area is 101 Å². The third-order valence-electron chi connectivity index (χ3n) is 2.39. The highest BCUT2D eigenvalue weighted by Crippen LogP contribution is 2.18. The molecule has 0 spiro atoms. The van der Waals surface area contributed by atoms with Crippen LogP contribution >= 0.6 is 0 Å². The highest BCUT2D eigenvalue weighted by atomic mass is 15.0. The molecule has 0 bridgehead atoms.